The van der Waals surface area contributed by atoms with Crippen molar-refractivity contribution in [1.82, 2.24) is 10.2 Å². The number of amides is 1. The largest absolute Gasteiger partial charge is 0.467 e. The van der Waals surface area contributed by atoms with E-state index < -0.39 is 0 Å². The summed E-state index contributed by atoms with van der Waals surface area (Å²) < 4.78 is 5.56. The van der Waals surface area contributed by atoms with Gasteiger partial charge in [0, 0.05) is 25.6 Å². The van der Waals surface area contributed by atoms with E-state index in [0.717, 1.165) is 31.7 Å². The molecule has 1 aromatic carbocycles. The van der Waals surface area contributed by atoms with Gasteiger partial charge in [0.2, 0.25) is 5.91 Å². The first-order valence-electron chi connectivity index (χ1n) is 8.75. The number of carbonyl (C=O) groups excluding carboxylic acids is 1. The molecule has 1 N–H and O–H groups in total. The Kier molecular flexibility index (Phi) is 5.36. The molecule has 0 bridgehead atoms. The fourth-order valence-corrected chi connectivity index (χ4v) is 3.43. The highest BCUT2D eigenvalue weighted by atomic mass is 16.3. The minimum atomic E-state index is 0.171. The molecule has 0 aliphatic carbocycles. The third-order valence-electron chi connectivity index (χ3n) is 4.79. The molecular weight excluding hydrogens is 300 g/mol. The molecule has 1 aliphatic rings. The number of aryl methyl sites for hydroxylation is 2. The van der Waals surface area contributed by atoms with Gasteiger partial charge in [-0.2, -0.15) is 0 Å². The van der Waals surface area contributed by atoms with Crippen LogP contribution in [0.5, 0.6) is 0 Å². The Morgan fingerprint density at radius 3 is 2.83 bits per heavy atom. The zero-order chi connectivity index (χ0) is 16.9. The van der Waals surface area contributed by atoms with Crippen LogP contribution in [0.25, 0.3) is 0 Å². The lowest BCUT2D eigenvalue weighted by Gasteiger charge is -2.20. The summed E-state index contributed by atoms with van der Waals surface area (Å²) in [5.41, 5.74) is 2.39. The summed E-state index contributed by atoms with van der Waals surface area (Å²) in [5, 5.41) is 3.59. The second-order valence-corrected chi connectivity index (χ2v) is 6.67. The van der Waals surface area contributed by atoms with Gasteiger partial charge in [-0.05, 0) is 43.9 Å². The molecule has 2 atom stereocenters. The fourth-order valence-electron chi connectivity index (χ4n) is 3.43. The first kappa shape index (κ1) is 16.8. The highest BCUT2D eigenvalue weighted by Crippen LogP contribution is 2.21. The molecule has 128 valence electrons. The normalized spacial score (nSPS) is 18.8. The Balaban J connectivity index is 1.46. The summed E-state index contributed by atoms with van der Waals surface area (Å²) in [6, 6.07) is 12.7. The molecule has 1 saturated heterocycles. The summed E-state index contributed by atoms with van der Waals surface area (Å²) in [7, 11) is 0. The van der Waals surface area contributed by atoms with E-state index in [4.69, 9.17) is 4.42 Å². The van der Waals surface area contributed by atoms with Crippen LogP contribution in [0.15, 0.2) is 47.1 Å². The van der Waals surface area contributed by atoms with Gasteiger partial charge in [-0.25, -0.2) is 0 Å². The minimum Gasteiger partial charge on any atom is -0.467 e. The van der Waals surface area contributed by atoms with Gasteiger partial charge in [-0.3, -0.25) is 4.79 Å². The van der Waals surface area contributed by atoms with Gasteiger partial charge in [-0.15, -0.1) is 0 Å². The zero-order valence-electron chi connectivity index (χ0n) is 14.5. The number of benzene rings is 1. The van der Waals surface area contributed by atoms with E-state index >= 15 is 0 Å². The molecule has 2 aromatic rings. The Morgan fingerprint density at radius 1 is 1.33 bits per heavy atom. The molecule has 1 aromatic heterocycles. The Labute approximate surface area is 143 Å². The molecule has 3 rings (SSSR count). The number of hydrogen-bond donors (Lipinski definition) is 1. The molecule has 0 radical (unpaired) electrons. The lowest BCUT2D eigenvalue weighted by atomic mass is 10.1. The minimum absolute atomic E-state index is 0.171. The van der Waals surface area contributed by atoms with E-state index in [0.29, 0.717) is 12.5 Å². The lowest BCUT2D eigenvalue weighted by molar-refractivity contribution is -0.130. The van der Waals surface area contributed by atoms with Crippen molar-refractivity contribution >= 4 is 5.91 Å². The molecule has 1 fully saturated rings. The number of likely N-dealkylation sites (tertiary alicyclic amines) is 1. The van der Waals surface area contributed by atoms with E-state index in [1.54, 1.807) is 6.26 Å². The van der Waals surface area contributed by atoms with Crippen LogP contribution in [0.4, 0.5) is 0 Å². The van der Waals surface area contributed by atoms with Crippen molar-refractivity contribution in [2.24, 2.45) is 0 Å². The van der Waals surface area contributed by atoms with Crippen LogP contribution in [-0.4, -0.2) is 29.9 Å². The number of rotatable bonds is 6. The summed E-state index contributed by atoms with van der Waals surface area (Å²) in [4.78, 5) is 14.4. The molecule has 0 saturated carbocycles. The summed E-state index contributed by atoms with van der Waals surface area (Å²) >= 11 is 0. The van der Waals surface area contributed by atoms with Crippen molar-refractivity contribution in [3.63, 3.8) is 0 Å². The van der Waals surface area contributed by atoms with Crippen molar-refractivity contribution in [2.45, 2.75) is 45.2 Å². The standard InChI is InChI=1S/C20H26N2O2/c1-15-11-13-24-20(15)16(2)21-18-10-12-22(14-18)19(23)9-8-17-6-4-3-5-7-17/h3-7,11,13,16,18,21H,8-10,12,14H2,1-2H3. The van der Waals surface area contributed by atoms with Crippen LogP contribution < -0.4 is 5.32 Å². The smallest absolute Gasteiger partial charge is 0.222 e. The fraction of sp³-hybridized carbons (Fsp3) is 0.450. The van der Waals surface area contributed by atoms with Crippen LogP contribution in [0, 0.1) is 6.92 Å². The van der Waals surface area contributed by atoms with E-state index in [-0.39, 0.29) is 11.9 Å². The highest BCUT2D eigenvalue weighted by molar-refractivity contribution is 5.76. The monoisotopic (exact) mass is 326 g/mol. The number of nitrogens with zero attached hydrogens (tertiary/aromatic N) is 1. The second-order valence-electron chi connectivity index (χ2n) is 6.67. The number of carbonyl (C=O) groups is 1. The van der Waals surface area contributed by atoms with Gasteiger partial charge in [-0.1, -0.05) is 30.3 Å². The maximum absolute atomic E-state index is 12.4. The quantitative estimate of drug-likeness (QED) is 0.884. The molecule has 0 spiro atoms. The van der Waals surface area contributed by atoms with Gasteiger partial charge in [0.15, 0.2) is 0 Å². The first-order chi connectivity index (χ1) is 11.6. The SMILES string of the molecule is Cc1ccoc1C(C)NC1CCN(C(=O)CCc2ccccc2)C1. The van der Waals surface area contributed by atoms with E-state index in [1.807, 2.05) is 29.2 Å². The number of hydrogen-bond acceptors (Lipinski definition) is 3. The maximum Gasteiger partial charge on any atom is 0.222 e. The Hall–Kier alpha value is -2.07. The van der Waals surface area contributed by atoms with Gasteiger partial charge in [0.05, 0.1) is 12.3 Å². The van der Waals surface area contributed by atoms with Crippen LogP contribution in [0.1, 0.15) is 42.7 Å². The number of nitrogens with one attached hydrogen (secondary N) is 1. The Bertz CT molecular complexity index is 665. The summed E-state index contributed by atoms with van der Waals surface area (Å²) in [6.07, 6.45) is 4.14. The van der Waals surface area contributed by atoms with E-state index in [2.05, 4.69) is 31.3 Å². The molecule has 2 heterocycles. The van der Waals surface area contributed by atoms with Gasteiger partial charge < -0.3 is 14.6 Å². The van der Waals surface area contributed by atoms with Crippen LogP contribution in [-0.2, 0) is 11.2 Å². The average Bonchev–Trinajstić information content (AvgIpc) is 3.22. The van der Waals surface area contributed by atoms with Gasteiger partial charge in [0.1, 0.15) is 5.76 Å². The summed E-state index contributed by atoms with van der Waals surface area (Å²) in [5.74, 6) is 1.24. The average molecular weight is 326 g/mol. The molecule has 2 unspecified atom stereocenters. The van der Waals surface area contributed by atoms with Crippen LogP contribution >= 0.6 is 0 Å². The van der Waals surface area contributed by atoms with Crippen molar-refractivity contribution < 1.29 is 9.21 Å². The number of furan rings is 1. The molecule has 1 aliphatic heterocycles. The van der Waals surface area contributed by atoms with Gasteiger partial charge >= 0.3 is 0 Å². The third-order valence-corrected chi connectivity index (χ3v) is 4.79. The molecule has 4 nitrogen and oxygen atoms in total. The maximum atomic E-state index is 12.4. The topological polar surface area (TPSA) is 45.5 Å². The lowest BCUT2D eigenvalue weighted by Crippen LogP contribution is -2.36. The molecule has 1 amide bonds. The molecule has 4 heteroatoms. The Morgan fingerprint density at radius 2 is 2.12 bits per heavy atom. The van der Waals surface area contributed by atoms with Crippen molar-refractivity contribution in [1.29, 1.82) is 0 Å². The first-order valence-corrected chi connectivity index (χ1v) is 8.75. The summed E-state index contributed by atoms with van der Waals surface area (Å²) in [6.45, 7) is 5.81. The second kappa shape index (κ2) is 7.67. The van der Waals surface area contributed by atoms with Crippen molar-refractivity contribution in [3.8, 4) is 0 Å². The predicted octanol–water partition coefficient (Wildman–Crippen LogP) is 3.47. The van der Waals surface area contributed by atoms with Gasteiger partial charge in [0.25, 0.3) is 0 Å². The van der Waals surface area contributed by atoms with Crippen LogP contribution in [0.3, 0.4) is 0 Å². The van der Waals surface area contributed by atoms with Crippen LogP contribution in [0.2, 0.25) is 0 Å². The predicted molar refractivity (Wildman–Crippen MR) is 94.7 cm³/mol. The highest BCUT2D eigenvalue weighted by Gasteiger charge is 2.27. The van der Waals surface area contributed by atoms with E-state index in [9.17, 15) is 4.79 Å². The van der Waals surface area contributed by atoms with E-state index in [1.165, 1.54) is 11.1 Å². The van der Waals surface area contributed by atoms with Crippen molar-refractivity contribution in [3.05, 3.63) is 59.5 Å². The third kappa shape index (κ3) is 4.06. The molecule has 24 heavy (non-hydrogen) atoms. The molecular formula is C20H26N2O2. The van der Waals surface area contributed by atoms with Crippen molar-refractivity contribution in [2.75, 3.05) is 13.1 Å². The zero-order valence-corrected chi connectivity index (χ0v) is 14.5.